The highest BCUT2D eigenvalue weighted by molar-refractivity contribution is 5.89. The molecule has 7 nitrogen and oxygen atoms in total. The molecule has 1 unspecified atom stereocenters. The molecule has 3 aromatic rings. The lowest BCUT2D eigenvalue weighted by Gasteiger charge is -2.24. The molecule has 1 aromatic heterocycles. The molecule has 3 N–H and O–H groups in total. The van der Waals surface area contributed by atoms with E-state index in [1.807, 2.05) is 56.3 Å². The summed E-state index contributed by atoms with van der Waals surface area (Å²) < 4.78 is 5.69. The van der Waals surface area contributed by atoms with Crippen molar-refractivity contribution < 1.29 is 14.3 Å². The molecule has 1 aliphatic rings. The van der Waals surface area contributed by atoms with Crippen LogP contribution in [0.5, 0.6) is 0 Å². The number of oxazole rings is 1. The number of urea groups is 1. The lowest BCUT2D eigenvalue weighted by Crippen LogP contribution is -2.32. The van der Waals surface area contributed by atoms with Crippen molar-refractivity contribution in [2.45, 2.75) is 45.8 Å². The summed E-state index contributed by atoms with van der Waals surface area (Å²) in [5, 5.41) is 15.4. The second-order valence-electron chi connectivity index (χ2n) is 8.27. The van der Waals surface area contributed by atoms with Crippen molar-refractivity contribution in [1.82, 2.24) is 15.2 Å². The van der Waals surface area contributed by atoms with Gasteiger partial charge in [0, 0.05) is 30.4 Å². The van der Waals surface area contributed by atoms with E-state index < -0.39 is 0 Å². The van der Waals surface area contributed by atoms with Crippen molar-refractivity contribution in [3.63, 3.8) is 0 Å². The Morgan fingerprint density at radius 2 is 2.00 bits per heavy atom. The summed E-state index contributed by atoms with van der Waals surface area (Å²) in [6.45, 7) is 6.18. The van der Waals surface area contributed by atoms with Gasteiger partial charge in [-0.1, -0.05) is 30.3 Å². The molecule has 1 aliphatic heterocycles. The first-order chi connectivity index (χ1) is 15.5. The molecule has 4 rings (SSSR count). The zero-order valence-electron chi connectivity index (χ0n) is 18.6. The highest BCUT2D eigenvalue weighted by atomic mass is 16.4. The van der Waals surface area contributed by atoms with Crippen LogP contribution in [0.4, 0.5) is 10.5 Å². The van der Waals surface area contributed by atoms with Gasteiger partial charge in [0.15, 0.2) is 0 Å². The minimum atomic E-state index is -0.272. The van der Waals surface area contributed by atoms with Gasteiger partial charge in [0.25, 0.3) is 0 Å². The molecular formula is C25H30N4O3. The van der Waals surface area contributed by atoms with Crippen molar-refractivity contribution in [2.75, 3.05) is 18.5 Å². The number of aliphatic hydroxyl groups excluding tert-OH is 1. The third-order valence-electron chi connectivity index (χ3n) is 6.04. The highest BCUT2D eigenvalue weighted by Gasteiger charge is 2.24. The summed E-state index contributed by atoms with van der Waals surface area (Å²) in [5.74, 6) is 1.33. The second kappa shape index (κ2) is 9.97. The first kappa shape index (κ1) is 22.0. The van der Waals surface area contributed by atoms with Crippen molar-refractivity contribution in [3.8, 4) is 11.5 Å². The molecule has 1 fully saturated rings. The monoisotopic (exact) mass is 434 g/mol. The molecule has 7 heteroatoms. The van der Waals surface area contributed by atoms with Crippen LogP contribution in [0.3, 0.4) is 0 Å². The standard InChI is InChI=1S/C25H30N4O3/c1-17-18(2)32-24(27-17)19-9-5-10-22(13-19)28-25(31)26-14-20-7-3-4-8-21(20)15-29-12-6-11-23(29)16-30/h3-5,7-10,13,23,30H,6,11-12,14-16H2,1-2H3,(H2,26,28,31). The number of benzene rings is 2. The van der Waals surface area contributed by atoms with Crippen LogP contribution in [0, 0.1) is 13.8 Å². The van der Waals surface area contributed by atoms with Crippen molar-refractivity contribution in [2.24, 2.45) is 0 Å². The molecule has 1 atom stereocenters. The zero-order chi connectivity index (χ0) is 22.5. The minimum absolute atomic E-state index is 0.189. The maximum absolute atomic E-state index is 12.5. The highest BCUT2D eigenvalue weighted by Crippen LogP contribution is 2.24. The van der Waals surface area contributed by atoms with Gasteiger partial charge in [-0.15, -0.1) is 0 Å². The number of rotatable bonds is 7. The van der Waals surface area contributed by atoms with E-state index in [4.69, 9.17) is 4.42 Å². The van der Waals surface area contributed by atoms with Gasteiger partial charge in [-0.2, -0.15) is 0 Å². The maximum Gasteiger partial charge on any atom is 0.319 e. The van der Waals surface area contributed by atoms with E-state index in [-0.39, 0.29) is 18.7 Å². The molecule has 32 heavy (non-hydrogen) atoms. The molecule has 2 heterocycles. The minimum Gasteiger partial charge on any atom is -0.441 e. The van der Waals surface area contributed by atoms with Gasteiger partial charge in [0.1, 0.15) is 5.76 Å². The van der Waals surface area contributed by atoms with Crippen LogP contribution in [0.15, 0.2) is 52.9 Å². The summed E-state index contributed by atoms with van der Waals surface area (Å²) in [6.07, 6.45) is 2.14. The van der Waals surface area contributed by atoms with E-state index in [2.05, 4.69) is 26.6 Å². The number of likely N-dealkylation sites (tertiary alicyclic amines) is 1. The number of nitrogens with one attached hydrogen (secondary N) is 2. The van der Waals surface area contributed by atoms with E-state index in [9.17, 15) is 9.90 Å². The van der Waals surface area contributed by atoms with Crippen LogP contribution < -0.4 is 10.6 Å². The van der Waals surface area contributed by atoms with Gasteiger partial charge >= 0.3 is 6.03 Å². The summed E-state index contributed by atoms with van der Waals surface area (Å²) in [7, 11) is 0. The number of hydrogen-bond donors (Lipinski definition) is 3. The summed E-state index contributed by atoms with van der Waals surface area (Å²) in [4.78, 5) is 19.3. The maximum atomic E-state index is 12.5. The largest absolute Gasteiger partial charge is 0.441 e. The molecule has 0 spiro atoms. The lowest BCUT2D eigenvalue weighted by molar-refractivity contribution is 0.153. The van der Waals surface area contributed by atoms with Gasteiger partial charge in [-0.05, 0) is 62.6 Å². The van der Waals surface area contributed by atoms with Gasteiger partial charge in [-0.25, -0.2) is 9.78 Å². The number of amides is 2. The van der Waals surface area contributed by atoms with Gasteiger partial charge < -0.3 is 20.2 Å². The molecule has 2 aromatic carbocycles. The molecule has 168 valence electrons. The molecular weight excluding hydrogens is 404 g/mol. The number of hydrogen-bond acceptors (Lipinski definition) is 5. The number of carbonyl (C=O) groups is 1. The van der Waals surface area contributed by atoms with Gasteiger partial charge in [0.05, 0.1) is 12.3 Å². The smallest absolute Gasteiger partial charge is 0.319 e. The van der Waals surface area contributed by atoms with Crippen LogP contribution in [0.25, 0.3) is 11.5 Å². The zero-order valence-corrected chi connectivity index (χ0v) is 18.6. The summed E-state index contributed by atoms with van der Waals surface area (Å²) in [5.41, 5.74) is 4.59. The number of aliphatic hydroxyl groups is 1. The molecule has 0 saturated carbocycles. The Bertz CT molecular complexity index is 1060. The summed E-state index contributed by atoms with van der Waals surface area (Å²) in [6, 6.07) is 15.5. The predicted molar refractivity (Wildman–Crippen MR) is 124 cm³/mol. The van der Waals surface area contributed by atoms with Crippen LogP contribution in [0.2, 0.25) is 0 Å². The second-order valence-corrected chi connectivity index (χ2v) is 8.27. The van der Waals surface area contributed by atoms with E-state index in [0.717, 1.165) is 48.5 Å². The Hall–Kier alpha value is -3.16. The van der Waals surface area contributed by atoms with Crippen LogP contribution in [-0.2, 0) is 13.1 Å². The molecule has 2 amide bonds. The average molecular weight is 435 g/mol. The fourth-order valence-corrected chi connectivity index (χ4v) is 4.09. The Morgan fingerprint density at radius 3 is 2.75 bits per heavy atom. The number of anilines is 1. The first-order valence-electron chi connectivity index (χ1n) is 11.0. The third-order valence-corrected chi connectivity index (χ3v) is 6.04. The molecule has 0 aliphatic carbocycles. The number of carbonyl (C=O) groups excluding carboxylic acids is 1. The van der Waals surface area contributed by atoms with Crippen LogP contribution in [-0.4, -0.2) is 40.2 Å². The Labute approximate surface area is 188 Å². The fraction of sp³-hybridized carbons (Fsp3) is 0.360. The Morgan fingerprint density at radius 1 is 1.19 bits per heavy atom. The SMILES string of the molecule is Cc1nc(-c2cccc(NC(=O)NCc3ccccc3CN3CCCC3CO)c2)oc1C. The number of nitrogens with zero attached hydrogens (tertiary/aromatic N) is 2. The Balaban J connectivity index is 1.37. The summed E-state index contributed by atoms with van der Waals surface area (Å²) >= 11 is 0. The topological polar surface area (TPSA) is 90.6 Å². The van der Waals surface area contributed by atoms with Crippen molar-refractivity contribution >= 4 is 11.7 Å². The van der Waals surface area contributed by atoms with E-state index in [0.29, 0.717) is 18.1 Å². The van der Waals surface area contributed by atoms with Crippen molar-refractivity contribution in [3.05, 3.63) is 71.1 Å². The van der Waals surface area contributed by atoms with E-state index in [1.54, 1.807) is 0 Å². The van der Waals surface area contributed by atoms with Crippen LogP contribution >= 0.6 is 0 Å². The molecule has 0 bridgehead atoms. The van der Waals surface area contributed by atoms with Gasteiger partial charge in [-0.3, -0.25) is 4.90 Å². The molecule has 0 radical (unpaired) electrons. The van der Waals surface area contributed by atoms with Gasteiger partial charge in [0.2, 0.25) is 5.89 Å². The first-order valence-corrected chi connectivity index (χ1v) is 11.0. The lowest BCUT2D eigenvalue weighted by atomic mass is 10.1. The third kappa shape index (κ3) is 5.18. The normalized spacial score (nSPS) is 16.3. The van der Waals surface area contributed by atoms with E-state index in [1.165, 1.54) is 5.56 Å². The fourth-order valence-electron chi connectivity index (χ4n) is 4.09. The number of aromatic nitrogens is 1. The van der Waals surface area contributed by atoms with E-state index >= 15 is 0 Å². The van der Waals surface area contributed by atoms with Crippen LogP contribution in [0.1, 0.15) is 35.4 Å². The quantitative estimate of drug-likeness (QED) is 0.518. The molecule has 1 saturated heterocycles. The number of aryl methyl sites for hydroxylation is 2. The average Bonchev–Trinajstić information content (AvgIpc) is 3.39. The Kier molecular flexibility index (Phi) is 6.87. The predicted octanol–water partition coefficient (Wildman–Crippen LogP) is 4.24. The van der Waals surface area contributed by atoms with Crippen molar-refractivity contribution in [1.29, 1.82) is 0 Å².